The van der Waals surface area contributed by atoms with Crippen LogP contribution in [0, 0.1) is 10.7 Å². The highest BCUT2D eigenvalue weighted by Gasteiger charge is 2.55. The lowest BCUT2D eigenvalue weighted by molar-refractivity contribution is -0.144. The number of aromatic hydroxyl groups is 2. The van der Waals surface area contributed by atoms with E-state index in [0.717, 1.165) is 21.6 Å². The van der Waals surface area contributed by atoms with Crippen molar-refractivity contribution in [2.75, 3.05) is 26.2 Å². The van der Waals surface area contributed by atoms with E-state index in [0.29, 0.717) is 4.90 Å². The number of phenolic OH excluding ortho intramolecular Hbond substituents is 2. The topological polar surface area (TPSA) is 255 Å². The minimum Gasteiger partial charge on any atom is -0.506 e. The number of carbonyl (C=O) groups excluding carboxylic acids is 1. The maximum atomic E-state index is 13.6. The van der Waals surface area contributed by atoms with Crippen LogP contribution in [0.5, 0.6) is 23.0 Å². The summed E-state index contributed by atoms with van der Waals surface area (Å²) in [6.07, 6.45) is 0. The second-order valence-corrected chi connectivity index (χ2v) is 12.7. The summed E-state index contributed by atoms with van der Waals surface area (Å²) >= 11 is 13.8. The Balaban J connectivity index is 1.86. The average molecular weight is 749 g/mol. The zero-order chi connectivity index (χ0) is 36.7. The molecule has 2 heterocycles. The molecule has 0 aliphatic carbocycles. The van der Waals surface area contributed by atoms with Crippen LogP contribution in [0.4, 0.5) is 0 Å². The largest absolute Gasteiger partial charge is 0.506 e. The van der Waals surface area contributed by atoms with Gasteiger partial charge in [0.05, 0.1) is 52.9 Å². The highest BCUT2D eigenvalue weighted by atomic mass is 35.5. The van der Waals surface area contributed by atoms with E-state index in [4.69, 9.17) is 32.7 Å². The molecule has 0 saturated carbocycles. The number of nitriles is 1. The zero-order valence-corrected chi connectivity index (χ0v) is 27.5. The Kier molecular flexibility index (Phi) is 10.0. The van der Waals surface area contributed by atoms with Gasteiger partial charge in [-0.05, 0) is 36.0 Å². The number of phenols is 2. The number of hydrogen-bond donors (Lipinski definition) is 6. The van der Waals surface area contributed by atoms with Gasteiger partial charge in [0.2, 0.25) is 0 Å². The number of hydrogen-bond acceptors (Lipinski definition) is 13. The van der Waals surface area contributed by atoms with Gasteiger partial charge in [-0.2, -0.15) is 5.26 Å². The summed E-state index contributed by atoms with van der Waals surface area (Å²) in [6.45, 7) is -4.45. The van der Waals surface area contributed by atoms with Crippen molar-refractivity contribution in [2.45, 2.75) is 23.6 Å². The number of fused-ring (bicyclic) bond motifs is 6. The van der Waals surface area contributed by atoms with Crippen molar-refractivity contribution in [3.63, 3.8) is 0 Å². The van der Waals surface area contributed by atoms with Crippen LogP contribution in [0.2, 0.25) is 10.0 Å². The summed E-state index contributed by atoms with van der Waals surface area (Å²) in [5.74, 6) is -8.46. The summed E-state index contributed by atoms with van der Waals surface area (Å²) in [7, 11) is 0. The van der Waals surface area contributed by atoms with E-state index in [2.05, 4.69) is 0 Å². The Hall–Kier alpha value is -5.25. The molecule has 3 aromatic carbocycles. The van der Waals surface area contributed by atoms with Crippen LogP contribution in [0.25, 0.3) is 0 Å². The van der Waals surface area contributed by atoms with Gasteiger partial charge in [-0.3, -0.25) is 29.0 Å². The molecular weight excluding hydrogens is 725 g/mol. The molecule has 0 unspecified atom stereocenters. The summed E-state index contributed by atoms with van der Waals surface area (Å²) in [5, 5.41) is 70.8. The molecule has 0 atom stereocenters. The molecule has 3 aromatic rings. The quantitative estimate of drug-likeness (QED) is 0.0831. The molecule has 1 spiro atoms. The predicted octanol–water partition coefficient (Wildman–Crippen LogP) is 3.49. The van der Waals surface area contributed by atoms with Crippen molar-refractivity contribution in [1.82, 2.24) is 9.80 Å². The molecule has 50 heavy (non-hydrogen) atoms. The molecule has 0 fully saturated rings. The standard InChI is InChI=1S/C31H23Cl2N3O13S/c32-20-4-18-28(15(26(20)45)6-35(8-22(37)38)9-23(39)40)48-29-16(7-36(10-24(41)42)11-25(43)44)27(46)21(33)5-19(29)31(18)17-2-1-13(50-12-34)3-14(17)30(47)49-31/h1-5,45-46H,6-11H2,(H,37,38)(H,39,40)(H,41,42)(H,43,44). The fraction of sp³-hybridized carbons (Fsp3) is 0.226. The number of ether oxygens (including phenoxy) is 2. The van der Waals surface area contributed by atoms with Crippen molar-refractivity contribution in [2.24, 2.45) is 0 Å². The number of carbonyl (C=O) groups is 5. The van der Waals surface area contributed by atoms with Crippen LogP contribution >= 0.6 is 35.0 Å². The van der Waals surface area contributed by atoms with Crippen LogP contribution in [-0.2, 0) is 42.6 Å². The van der Waals surface area contributed by atoms with Gasteiger partial charge in [0.25, 0.3) is 0 Å². The zero-order valence-electron chi connectivity index (χ0n) is 25.2. The fourth-order valence-corrected chi connectivity index (χ4v) is 6.82. The third kappa shape index (κ3) is 6.66. The Morgan fingerprint density at radius 2 is 1.20 bits per heavy atom. The SMILES string of the molecule is N#CSc1ccc2c(c1)C(=O)OC21c2cc(Cl)c(O)c(CN(CC(=O)O)CC(=O)O)c2Oc2c1cc(Cl)c(O)c2CN(CC(=O)O)CC(=O)O. The Labute approximate surface area is 295 Å². The number of carboxylic acid groups (broad SMARTS) is 4. The van der Waals surface area contributed by atoms with Crippen LogP contribution in [0.15, 0.2) is 35.2 Å². The minimum atomic E-state index is -2.04. The summed E-state index contributed by atoms with van der Waals surface area (Å²) in [5.41, 5.74) is -2.50. The lowest BCUT2D eigenvalue weighted by Gasteiger charge is -2.39. The molecule has 16 nitrogen and oxygen atoms in total. The first kappa shape index (κ1) is 36.0. The molecule has 2 aliphatic rings. The van der Waals surface area contributed by atoms with E-state index in [1.54, 1.807) is 0 Å². The lowest BCUT2D eigenvalue weighted by atomic mass is 9.76. The van der Waals surface area contributed by atoms with E-state index in [1.807, 2.05) is 5.40 Å². The molecule has 0 amide bonds. The summed E-state index contributed by atoms with van der Waals surface area (Å²) < 4.78 is 12.4. The first-order valence-corrected chi connectivity index (χ1v) is 15.7. The van der Waals surface area contributed by atoms with Crippen LogP contribution < -0.4 is 4.74 Å². The Morgan fingerprint density at radius 1 is 0.760 bits per heavy atom. The van der Waals surface area contributed by atoms with Crippen molar-refractivity contribution in [1.29, 1.82) is 5.26 Å². The number of thiocyanates is 1. The van der Waals surface area contributed by atoms with E-state index >= 15 is 0 Å². The number of nitrogens with zero attached hydrogens (tertiary/aromatic N) is 3. The second kappa shape index (κ2) is 13.9. The van der Waals surface area contributed by atoms with Gasteiger partial charge in [0, 0.05) is 34.7 Å². The van der Waals surface area contributed by atoms with Gasteiger partial charge in [0.1, 0.15) is 28.4 Å². The number of benzene rings is 3. The molecule has 6 N–H and O–H groups in total. The van der Waals surface area contributed by atoms with Crippen molar-refractivity contribution < 1.29 is 64.1 Å². The molecule has 19 heteroatoms. The average Bonchev–Trinajstić information content (AvgIpc) is 3.29. The monoisotopic (exact) mass is 747 g/mol. The molecule has 0 saturated heterocycles. The molecular formula is C31H23Cl2N3O13S. The minimum absolute atomic E-state index is 0.0164. The van der Waals surface area contributed by atoms with Gasteiger partial charge in [-0.15, -0.1) is 0 Å². The van der Waals surface area contributed by atoms with Crippen LogP contribution in [0.1, 0.15) is 38.2 Å². The number of rotatable bonds is 13. The lowest BCUT2D eigenvalue weighted by Crippen LogP contribution is -2.37. The first-order chi connectivity index (χ1) is 23.6. The molecule has 0 aromatic heterocycles. The molecule has 5 rings (SSSR count). The number of halogens is 2. The first-order valence-electron chi connectivity index (χ1n) is 14.1. The third-order valence-corrected chi connectivity index (χ3v) is 8.92. The van der Waals surface area contributed by atoms with Crippen LogP contribution in [0.3, 0.4) is 0 Å². The smallest absolute Gasteiger partial charge is 0.340 e. The molecule has 2 aliphatic heterocycles. The van der Waals surface area contributed by atoms with Gasteiger partial charge in [0.15, 0.2) is 5.60 Å². The van der Waals surface area contributed by atoms with E-state index < -0.39 is 86.2 Å². The maximum absolute atomic E-state index is 13.6. The van der Waals surface area contributed by atoms with E-state index in [9.17, 15) is 59.9 Å². The number of thioether (sulfide) groups is 1. The number of esters is 1. The Bertz CT molecular complexity index is 1900. The predicted molar refractivity (Wildman–Crippen MR) is 171 cm³/mol. The van der Waals surface area contributed by atoms with E-state index in [1.165, 1.54) is 30.3 Å². The van der Waals surface area contributed by atoms with Crippen molar-refractivity contribution >= 4 is 64.8 Å². The number of carboxylic acids is 4. The number of aliphatic carboxylic acids is 4. The van der Waals surface area contributed by atoms with Gasteiger partial charge in [-0.1, -0.05) is 29.3 Å². The highest BCUT2D eigenvalue weighted by molar-refractivity contribution is 8.03. The molecule has 0 radical (unpaired) electrons. The van der Waals surface area contributed by atoms with Gasteiger partial charge in [-0.25, -0.2) is 4.79 Å². The fourth-order valence-electron chi connectivity index (χ4n) is 5.96. The third-order valence-electron chi connectivity index (χ3n) is 7.76. The second-order valence-electron chi connectivity index (χ2n) is 11.1. The maximum Gasteiger partial charge on any atom is 0.340 e. The molecule has 260 valence electrons. The van der Waals surface area contributed by atoms with Gasteiger partial charge >= 0.3 is 29.8 Å². The van der Waals surface area contributed by atoms with Crippen molar-refractivity contribution in [3.8, 4) is 28.4 Å². The Morgan fingerprint density at radius 3 is 1.60 bits per heavy atom. The summed E-state index contributed by atoms with van der Waals surface area (Å²) in [4.78, 5) is 62.5. The van der Waals surface area contributed by atoms with Crippen LogP contribution in [-0.4, -0.2) is 96.5 Å². The molecule has 0 bridgehead atoms. The highest BCUT2D eigenvalue weighted by Crippen LogP contribution is 2.61. The van der Waals surface area contributed by atoms with Gasteiger partial charge < -0.3 is 40.1 Å². The van der Waals surface area contributed by atoms with Crippen molar-refractivity contribution in [3.05, 3.63) is 73.8 Å². The normalized spacial score (nSPS) is 13.6. The van der Waals surface area contributed by atoms with E-state index in [-0.39, 0.29) is 54.9 Å². The summed E-state index contributed by atoms with van der Waals surface area (Å²) in [6, 6.07) is 6.80.